The molecular formula is C87H170O17P2. The van der Waals surface area contributed by atoms with E-state index in [1.165, 1.54) is 283 Å². The molecule has 630 valence electrons. The molecule has 0 saturated carbocycles. The predicted octanol–water partition coefficient (Wildman–Crippen LogP) is 26.6. The number of phosphoric ester groups is 2. The predicted molar refractivity (Wildman–Crippen MR) is 437 cm³/mol. The summed E-state index contributed by atoms with van der Waals surface area (Å²) < 4.78 is 69.0. The second kappa shape index (κ2) is 78.3. The molecule has 0 bridgehead atoms. The molecule has 2 unspecified atom stereocenters. The highest BCUT2D eigenvalue weighted by Gasteiger charge is 2.30. The van der Waals surface area contributed by atoms with E-state index in [-0.39, 0.29) is 25.7 Å². The Morgan fingerprint density at radius 3 is 0.642 bits per heavy atom. The monoisotopic (exact) mass is 1550 g/mol. The van der Waals surface area contributed by atoms with E-state index in [0.29, 0.717) is 25.7 Å². The van der Waals surface area contributed by atoms with Crippen LogP contribution in [-0.4, -0.2) is 96.7 Å². The summed E-state index contributed by atoms with van der Waals surface area (Å²) in [7, 11) is -9.93. The summed E-state index contributed by atoms with van der Waals surface area (Å²) in [5, 5.41) is 10.7. The first-order valence-corrected chi connectivity index (χ1v) is 48.0. The van der Waals surface area contributed by atoms with Gasteiger partial charge < -0.3 is 33.8 Å². The molecule has 0 aromatic heterocycles. The Morgan fingerprint density at radius 1 is 0.255 bits per heavy atom. The van der Waals surface area contributed by atoms with Crippen molar-refractivity contribution in [2.24, 2.45) is 11.8 Å². The summed E-state index contributed by atoms with van der Waals surface area (Å²) in [6.45, 7) is 9.71. The molecule has 0 radical (unpaired) electrons. The second-order valence-electron chi connectivity index (χ2n) is 32.2. The molecule has 3 N–H and O–H groups in total. The van der Waals surface area contributed by atoms with E-state index in [1.807, 2.05) is 0 Å². The van der Waals surface area contributed by atoms with Crippen LogP contribution in [0, 0.1) is 11.8 Å². The van der Waals surface area contributed by atoms with Gasteiger partial charge in [0, 0.05) is 25.7 Å². The lowest BCUT2D eigenvalue weighted by molar-refractivity contribution is -0.161. The molecule has 0 aliphatic rings. The van der Waals surface area contributed by atoms with E-state index >= 15 is 0 Å². The third-order valence-electron chi connectivity index (χ3n) is 20.5. The average Bonchev–Trinajstić information content (AvgIpc) is 0.929. The number of ether oxygens (including phenoxy) is 4. The van der Waals surface area contributed by atoms with Crippen molar-refractivity contribution in [2.45, 2.75) is 484 Å². The van der Waals surface area contributed by atoms with Crippen LogP contribution in [0.5, 0.6) is 0 Å². The van der Waals surface area contributed by atoms with Crippen molar-refractivity contribution in [2.75, 3.05) is 39.6 Å². The van der Waals surface area contributed by atoms with Crippen LogP contribution < -0.4 is 0 Å². The summed E-state index contributed by atoms with van der Waals surface area (Å²) in [6, 6.07) is 0. The van der Waals surface area contributed by atoms with Gasteiger partial charge >= 0.3 is 39.5 Å². The number of hydrogen-bond acceptors (Lipinski definition) is 15. The van der Waals surface area contributed by atoms with Gasteiger partial charge in [0.15, 0.2) is 12.2 Å². The normalized spacial score (nSPS) is 13.8. The van der Waals surface area contributed by atoms with Crippen molar-refractivity contribution < 1.29 is 80.2 Å². The molecule has 0 rings (SSSR count). The average molecular weight is 1550 g/mol. The van der Waals surface area contributed by atoms with Crippen LogP contribution in [0.15, 0.2) is 0 Å². The summed E-state index contributed by atoms with van der Waals surface area (Å²) >= 11 is 0. The van der Waals surface area contributed by atoms with Gasteiger partial charge in [-0.25, -0.2) is 9.13 Å². The number of carbonyl (C=O) groups excluding carboxylic acids is 4. The molecule has 0 aromatic rings. The number of rotatable bonds is 86. The summed E-state index contributed by atoms with van der Waals surface area (Å²) in [5.74, 6) is -0.528. The highest BCUT2D eigenvalue weighted by molar-refractivity contribution is 7.47. The maximum Gasteiger partial charge on any atom is 0.472 e. The van der Waals surface area contributed by atoms with E-state index in [4.69, 9.17) is 37.0 Å². The third-order valence-corrected chi connectivity index (χ3v) is 22.4. The minimum atomic E-state index is -4.97. The molecule has 0 spiro atoms. The minimum absolute atomic E-state index is 0.107. The summed E-state index contributed by atoms with van der Waals surface area (Å²) in [6.07, 6.45) is 70.8. The molecule has 17 nitrogen and oxygen atoms in total. The largest absolute Gasteiger partial charge is 0.472 e. The Kier molecular flexibility index (Phi) is 76.9. The van der Waals surface area contributed by atoms with Crippen molar-refractivity contribution >= 4 is 39.5 Å². The molecule has 0 fully saturated rings. The molecule has 5 atom stereocenters. The van der Waals surface area contributed by atoms with Crippen molar-refractivity contribution in [3.63, 3.8) is 0 Å². The highest BCUT2D eigenvalue weighted by atomic mass is 31.2. The van der Waals surface area contributed by atoms with Crippen LogP contribution in [0.25, 0.3) is 0 Å². The van der Waals surface area contributed by atoms with Gasteiger partial charge in [0.25, 0.3) is 0 Å². The van der Waals surface area contributed by atoms with Crippen LogP contribution in [0.3, 0.4) is 0 Å². The Balaban J connectivity index is 5.25. The second-order valence-corrected chi connectivity index (χ2v) is 35.1. The molecule has 0 aromatic carbocycles. The van der Waals surface area contributed by atoms with Gasteiger partial charge in [0.05, 0.1) is 26.4 Å². The number of hydrogen-bond donors (Lipinski definition) is 3. The summed E-state index contributed by atoms with van der Waals surface area (Å²) in [5.41, 5.74) is 0. The van der Waals surface area contributed by atoms with Crippen molar-refractivity contribution in [3.05, 3.63) is 0 Å². The summed E-state index contributed by atoms with van der Waals surface area (Å²) in [4.78, 5) is 73.3. The minimum Gasteiger partial charge on any atom is -0.462 e. The Labute approximate surface area is 651 Å². The van der Waals surface area contributed by atoms with Crippen LogP contribution >= 0.6 is 15.6 Å². The SMILES string of the molecule is CCCCCCCCCCCCCCCCCCCCCCCC(=O)O[C@H](COC(=O)CCCCCCCCCCCCCCCCCC(C)C)COP(=O)(O)OC[C@@H](O)COP(=O)(O)OC[C@@H](COC(=O)CCCCCCCCCCCCCCC)OC(=O)CCCCCCCCCCCCCC(C)C. The van der Waals surface area contributed by atoms with E-state index < -0.39 is 97.5 Å². The van der Waals surface area contributed by atoms with E-state index in [9.17, 15) is 43.2 Å². The van der Waals surface area contributed by atoms with Gasteiger partial charge in [-0.2, -0.15) is 0 Å². The lowest BCUT2D eigenvalue weighted by Gasteiger charge is -2.21. The van der Waals surface area contributed by atoms with Crippen molar-refractivity contribution in [1.29, 1.82) is 0 Å². The molecular weight excluding hydrogens is 1380 g/mol. The number of phosphoric acid groups is 2. The molecule has 0 aliphatic carbocycles. The zero-order chi connectivity index (χ0) is 77.8. The van der Waals surface area contributed by atoms with Gasteiger partial charge in [0.2, 0.25) is 0 Å². The third kappa shape index (κ3) is 80.1. The zero-order valence-corrected chi connectivity index (χ0v) is 71.5. The van der Waals surface area contributed by atoms with Crippen LogP contribution in [0.4, 0.5) is 0 Å². The van der Waals surface area contributed by atoms with Gasteiger partial charge in [0.1, 0.15) is 19.3 Å². The first-order valence-electron chi connectivity index (χ1n) is 45.0. The van der Waals surface area contributed by atoms with Gasteiger partial charge in [-0.3, -0.25) is 37.3 Å². The number of carbonyl (C=O) groups is 4. The number of aliphatic hydroxyl groups excluding tert-OH is 1. The lowest BCUT2D eigenvalue weighted by atomic mass is 10.0. The fourth-order valence-corrected chi connectivity index (χ4v) is 15.2. The Morgan fingerprint density at radius 2 is 0.434 bits per heavy atom. The fraction of sp³-hybridized carbons (Fsp3) is 0.954. The molecule has 0 amide bonds. The lowest BCUT2D eigenvalue weighted by Crippen LogP contribution is -2.30. The van der Waals surface area contributed by atoms with Crippen LogP contribution in [-0.2, 0) is 65.4 Å². The van der Waals surface area contributed by atoms with Crippen LogP contribution in [0.1, 0.15) is 465 Å². The van der Waals surface area contributed by atoms with E-state index in [1.54, 1.807) is 0 Å². The van der Waals surface area contributed by atoms with Gasteiger partial charge in [-0.1, -0.05) is 414 Å². The zero-order valence-electron chi connectivity index (χ0n) is 69.7. The molecule has 19 heteroatoms. The number of unbranched alkanes of at least 4 members (excludes halogenated alkanes) is 56. The number of esters is 4. The standard InChI is InChI=1S/C87H170O17P2/c1-7-9-11-13-15-17-19-21-22-23-24-25-26-27-30-35-41-47-53-59-65-71-86(91)103-82(75-98-85(90)70-64-58-52-46-40-34-31-28-29-33-37-43-49-55-61-67-79(3)4)77-101-105(93,94)99-73-81(88)74-100-106(95,96)102-78-83(76-97-84(89)69-63-57-51-45-39-32-20-18-16-14-12-10-8-2)104-87(92)72-66-60-54-48-42-36-38-44-50-56-62-68-80(5)6/h79-83,88H,7-78H2,1-6H3,(H,93,94)(H,95,96)/t81-,82-,83-/m1/s1. The molecule has 0 saturated heterocycles. The van der Waals surface area contributed by atoms with Crippen molar-refractivity contribution in [1.82, 2.24) is 0 Å². The fourth-order valence-electron chi connectivity index (χ4n) is 13.6. The molecule has 0 aliphatic heterocycles. The highest BCUT2D eigenvalue weighted by Crippen LogP contribution is 2.45. The smallest absolute Gasteiger partial charge is 0.462 e. The maximum atomic E-state index is 13.2. The van der Waals surface area contributed by atoms with E-state index in [2.05, 4.69) is 41.5 Å². The molecule has 106 heavy (non-hydrogen) atoms. The first-order chi connectivity index (χ1) is 51.4. The Bertz CT molecular complexity index is 2030. The maximum absolute atomic E-state index is 13.2. The Hall–Kier alpha value is -1.94. The number of aliphatic hydroxyl groups is 1. The first kappa shape index (κ1) is 104. The van der Waals surface area contributed by atoms with E-state index in [0.717, 1.165) is 102 Å². The van der Waals surface area contributed by atoms with Gasteiger partial charge in [-0.15, -0.1) is 0 Å². The van der Waals surface area contributed by atoms with Gasteiger partial charge in [-0.05, 0) is 37.5 Å². The van der Waals surface area contributed by atoms with Crippen LogP contribution in [0.2, 0.25) is 0 Å². The molecule has 0 heterocycles. The quantitative estimate of drug-likeness (QED) is 0.0222. The van der Waals surface area contributed by atoms with Crippen molar-refractivity contribution in [3.8, 4) is 0 Å². The topological polar surface area (TPSA) is 237 Å².